The van der Waals surface area contributed by atoms with Crippen LogP contribution in [0.15, 0.2) is 36.7 Å². The first-order valence-corrected chi connectivity index (χ1v) is 4.79. The molecule has 0 atom stereocenters. The van der Waals surface area contributed by atoms with E-state index in [1.165, 1.54) is 0 Å². The number of aliphatic hydroxyl groups is 1. The fourth-order valence-electron chi connectivity index (χ4n) is 1.46. The Morgan fingerprint density at radius 2 is 2.20 bits per heavy atom. The van der Waals surface area contributed by atoms with Gasteiger partial charge >= 0.3 is 0 Å². The van der Waals surface area contributed by atoms with E-state index in [4.69, 9.17) is 10.8 Å². The van der Waals surface area contributed by atoms with Crippen molar-refractivity contribution < 1.29 is 5.11 Å². The first-order valence-electron chi connectivity index (χ1n) is 4.79. The molecule has 0 aliphatic rings. The number of nitrogens with zero attached hydrogens (tertiary/aromatic N) is 2. The summed E-state index contributed by atoms with van der Waals surface area (Å²) in [5.74, 6) is 0. The van der Waals surface area contributed by atoms with Gasteiger partial charge in [0.1, 0.15) is 0 Å². The second-order valence-corrected chi connectivity index (χ2v) is 3.34. The van der Waals surface area contributed by atoms with Crippen molar-refractivity contribution in [2.24, 2.45) is 0 Å². The molecule has 3 N–H and O–H groups in total. The standard InChI is InChI=1S/C11H13N3O/c12-11-3-1-2-9(6-11)10-7-13-14(8-10)4-5-15/h1-3,6-8,15H,4-5,12H2. The Bertz CT molecular complexity index is 451. The van der Waals surface area contributed by atoms with Gasteiger partial charge < -0.3 is 10.8 Å². The molecular formula is C11H13N3O. The molecule has 1 aromatic carbocycles. The van der Waals surface area contributed by atoms with E-state index in [-0.39, 0.29) is 6.61 Å². The van der Waals surface area contributed by atoms with Gasteiger partial charge in [0.25, 0.3) is 0 Å². The van der Waals surface area contributed by atoms with Gasteiger partial charge in [-0.25, -0.2) is 0 Å². The Hall–Kier alpha value is -1.81. The molecule has 4 heteroatoms. The molecule has 1 aromatic heterocycles. The number of nitrogen functional groups attached to an aromatic ring is 1. The molecule has 4 nitrogen and oxygen atoms in total. The third-order valence-electron chi connectivity index (χ3n) is 2.18. The zero-order valence-electron chi connectivity index (χ0n) is 8.30. The van der Waals surface area contributed by atoms with Gasteiger partial charge in [0.2, 0.25) is 0 Å². The average Bonchev–Trinajstić information content (AvgIpc) is 2.67. The third kappa shape index (κ3) is 2.16. The number of aromatic nitrogens is 2. The molecule has 1 heterocycles. The van der Waals surface area contributed by atoms with Crippen LogP contribution >= 0.6 is 0 Å². The van der Waals surface area contributed by atoms with Crippen LogP contribution in [0.25, 0.3) is 11.1 Å². The molecule has 0 bridgehead atoms. The maximum Gasteiger partial charge on any atom is 0.0641 e. The summed E-state index contributed by atoms with van der Waals surface area (Å²) in [5, 5.41) is 12.9. The molecule has 0 amide bonds. The third-order valence-corrected chi connectivity index (χ3v) is 2.18. The van der Waals surface area contributed by atoms with Gasteiger partial charge in [-0.3, -0.25) is 4.68 Å². The van der Waals surface area contributed by atoms with E-state index in [1.54, 1.807) is 10.9 Å². The molecule has 0 aliphatic heterocycles. The zero-order valence-corrected chi connectivity index (χ0v) is 8.30. The summed E-state index contributed by atoms with van der Waals surface area (Å²) in [4.78, 5) is 0. The number of aliphatic hydroxyl groups excluding tert-OH is 1. The second kappa shape index (κ2) is 4.14. The Kier molecular flexibility index (Phi) is 2.69. The Morgan fingerprint density at radius 1 is 1.33 bits per heavy atom. The van der Waals surface area contributed by atoms with Crippen molar-refractivity contribution in [1.29, 1.82) is 0 Å². The van der Waals surface area contributed by atoms with Gasteiger partial charge in [-0.1, -0.05) is 12.1 Å². The first kappa shape index (κ1) is 9.73. The molecule has 0 fully saturated rings. The van der Waals surface area contributed by atoms with Crippen molar-refractivity contribution in [1.82, 2.24) is 9.78 Å². The lowest BCUT2D eigenvalue weighted by Gasteiger charge is -1.98. The average molecular weight is 203 g/mol. The van der Waals surface area contributed by atoms with Crippen LogP contribution in [0.4, 0.5) is 5.69 Å². The summed E-state index contributed by atoms with van der Waals surface area (Å²) in [6.07, 6.45) is 3.66. The van der Waals surface area contributed by atoms with Gasteiger partial charge in [0.05, 0.1) is 19.3 Å². The molecule has 2 aromatic rings. The summed E-state index contributed by atoms with van der Waals surface area (Å²) >= 11 is 0. The van der Waals surface area contributed by atoms with Gasteiger partial charge in [-0.15, -0.1) is 0 Å². The summed E-state index contributed by atoms with van der Waals surface area (Å²) in [5.41, 5.74) is 8.48. The number of hydrogen-bond donors (Lipinski definition) is 2. The van der Waals surface area contributed by atoms with E-state index >= 15 is 0 Å². The predicted molar refractivity (Wildman–Crippen MR) is 59.2 cm³/mol. The SMILES string of the molecule is Nc1cccc(-c2cnn(CCO)c2)c1. The molecule has 0 unspecified atom stereocenters. The summed E-state index contributed by atoms with van der Waals surface area (Å²) in [6, 6.07) is 7.65. The van der Waals surface area contributed by atoms with Crippen molar-refractivity contribution in [3.05, 3.63) is 36.7 Å². The normalized spacial score (nSPS) is 10.5. The van der Waals surface area contributed by atoms with Gasteiger partial charge in [0.15, 0.2) is 0 Å². The quantitative estimate of drug-likeness (QED) is 0.735. The van der Waals surface area contributed by atoms with Crippen molar-refractivity contribution in [3.8, 4) is 11.1 Å². The Labute approximate surface area is 88.0 Å². The van der Waals surface area contributed by atoms with Crippen molar-refractivity contribution in [2.45, 2.75) is 6.54 Å². The minimum atomic E-state index is 0.0953. The fourth-order valence-corrected chi connectivity index (χ4v) is 1.46. The fraction of sp³-hybridized carbons (Fsp3) is 0.182. The lowest BCUT2D eigenvalue weighted by Crippen LogP contribution is -2.01. The van der Waals surface area contributed by atoms with Crippen LogP contribution in [0.5, 0.6) is 0 Å². The van der Waals surface area contributed by atoms with Crippen molar-refractivity contribution in [3.63, 3.8) is 0 Å². The highest BCUT2D eigenvalue weighted by Crippen LogP contribution is 2.20. The van der Waals surface area contributed by atoms with E-state index in [0.717, 1.165) is 16.8 Å². The van der Waals surface area contributed by atoms with E-state index in [2.05, 4.69) is 5.10 Å². The van der Waals surface area contributed by atoms with Gasteiger partial charge in [-0.05, 0) is 17.7 Å². The maximum absolute atomic E-state index is 8.76. The highest BCUT2D eigenvalue weighted by atomic mass is 16.3. The molecule has 0 aliphatic carbocycles. The Balaban J connectivity index is 2.29. The van der Waals surface area contributed by atoms with Crippen LogP contribution in [0.1, 0.15) is 0 Å². The highest BCUT2D eigenvalue weighted by molar-refractivity contribution is 5.65. The van der Waals surface area contributed by atoms with Crippen LogP contribution in [-0.2, 0) is 6.54 Å². The van der Waals surface area contributed by atoms with E-state index in [0.29, 0.717) is 6.54 Å². The van der Waals surface area contributed by atoms with Crippen LogP contribution in [0.2, 0.25) is 0 Å². The number of benzene rings is 1. The smallest absolute Gasteiger partial charge is 0.0641 e. The monoisotopic (exact) mass is 203 g/mol. The van der Waals surface area contributed by atoms with Crippen molar-refractivity contribution in [2.75, 3.05) is 12.3 Å². The number of rotatable bonds is 3. The van der Waals surface area contributed by atoms with E-state index in [9.17, 15) is 0 Å². The highest BCUT2D eigenvalue weighted by Gasteiger charge is 2.01. The van der Waals surface area contributed by atoms with Crippen LogP contribution < -0.4 is 5.73 Å². The molecule has 2 rings (SSSR count). The number of hydrogen-bond acceptors (Lipinski definition) is 3. The Morgan fingerprint density at radius 3 is 2.93 bits per heavy atom. The molecule has 78 valence electrons. The van der Waals surface area contributed by atoms with Crippen LogP contribution in [0.3, 0.4) is 0 Å². The maximum atomic E-state index is 8.76. The van der Waals surface area contributed by atoms with Gasteiger partial charge in [0, 0.05) is 17.4 Å². The molecule has 0 radical (unpaired) electrons. The summed E-state index contributed by atoms with van der Waals surface area (Å²) in [6.45, 7) is 0.611. The van der Waals surface area contributed by atoms with Crippen molar-refractivity contribution >= 4 is 5.69 Å². The lowest BCUT2D eigenvalue weighted by molar-refractivity contribution is 0.269. The predicted octanol–water partition coefficient (Wildman–Crippen LogP) is 1.12. The van der Waals surface area contributed by atoms with Crippen LogP contribution in [-0.4, -0.2) is 21.5 Å². The number of anilines is 1. The van der Waals surface area contributed by atoms with E-state index in [1.807, 2.05) is 30.5 Å². The van der Waals surface area contributed by atoms with Gasteiger partial charge in [-0.2, -0.15) is 5.10 Å². The largest absolute Gasteiger partial charge is 0.399 e. The molecule has 0 spiro atoms. The van der Waals surface area contributed by atoms with E-state index < -0.39 is 0 Å². The molecule has 0 saturated carbocycles. The molecular weight excluding hydrogens is 190 g/mol. The first-order chi connectivity index (χ1) is 7.29. The lowest BCUT2D eigenvalue weighted by atomic mass is 10.1. The minimum Gasteiger partial charge on any atom is -0.399 e. The summed E-state index contributed by atoms with van der Waals surface area (Å²) < 4.78 is 1.71. The minimum absolute atomic E-state index is 0.0953. The topological polar surface area (TPSA) is 64.1 Å². The van der Waals surface area contributed by atoms with Crippen LogP contribution in [0, 0.1) is 0 Å². The molecule has 0 saturated heterocycles. The zero-order chi connectivity index (χ0) is 10.7. The number of nitrogens with two attached hydrogens (primary N) is 1. The second-order valence-electron chi connectivity index (χ2n) is 3.34. The summed E-state index contributed by atoms with van der Waals surface area (Å²) in [7, 11) is 0. The molecule has 15 heavy (non-hydrogen) atoms.